The molecule has 0 bridgehead atoms. The Morgan fingerprint density at radius 2 is 2.10 bits per heavy atom. The Morgan fingerprint density at radius 1 is 1.17 bits per heavy atom. The van der Waals surface area contributed by atoms with Crippen molar-refractivity contribution in [3.8, 4) is 17.1 Å². The van der Waals surface area contributed by atoms with E-state index < -0.39 is 0 Å². The van der Waals surface area contributed by atoms with E-state index in [2.05, 4.69) is 26.1 Å². The number of hydrogen-bond donors (Lipinski definition) is 0. The van der Waals surface area contributed by atoms with Crippen LogP contribution in [0.4, 0.5) is 0 Å². The average molecular weight is 406 g/mol. The lowest BCUT2D eigenvalue weighted by molar-refractivity contribution is 0.134. The predicted octanol–water partition coefficient (Wildman–Crippen LogP) is 3.47. The lowest BCUT2D eigenvalue weighted by Gasteiger charge is -2.32. The van der Waals surface area contributed by atoms with E-state index in [1.54, 1.807) is 0 Å². The lowest BCUT2D eigenvalue weighted by atomic mass is 10.0. The molecule has 5 heterocycles. The summed E-state index contributed by atoms with van der Waals surface area (Å²) in [5, 5.41) is 4.21. The summed E-state index contributed by atoms with van der Waals surface area (Å²) in [4.78, 5) is 11.4. The molecule has 0 radical (unpaired) electrons. The fraction of sp³-hybridized carbons (Fsp3) is 0.435. The number of pyridine rings is 2. The standard InChI is InChI=1S/C23H26N4O3/c1-15-3-4-18(10-24-15)23-21(16(2)30-26-23)14-29-22-9-17-5-7-27(12-19(17)11-25-22)20-6-8-28-13-20/h3-4,9-11,20H,5-8,12-14H2,1-2H3. The van der Waals surface area contributed by atoms with E-state index >= 15 is 0 Å². The van der Waals surface area contributed by atoms with Crippen molar-refractivity contribution in [2.24, 2.45) is 0 Å². The Labute approximate surface area is 176 Å². The third kappa shape index (κ3) is 3.82. The van der Waals surface area contributed by atoms with Gasteiger partial charge in [0.25, 0.3) is 0 Å². The van der Waals surface area contributed by atoms with Gasteiger partial charge in [0, 0.05) is 55.5 Å². The molecule has 0 N–H and O–H groups in total. The molecule has 7 nitrogen and oxygen atoms in total. The van der Waals surface area contributed by atoms with Gasteiger partial charge in [0.1, 0.15) is 18.1 Å². The van der Waals surface area contributed by atoms with E-state index in [-0.39, 0.29) is 0 Å². The molecule has 3 aromatic heterocycles. The molecule has 5 rings (SSSR count). The Morgan fingerprint density at radius 3 is 2.90 bits per heavy atom. The molecule has 0 amide bonds. The van der Waals surface area contributed by atoms with Crippen LogP contribution in [0.5, 0.6) is 5.88 Å². The largest absolute Gasteiger partial charge is 0.473 e. The molecule has 0 aromatic carbocycles. The molecule has 0 spiro atoms. The second kappa shape index (κ2) is 8.16. The molecule has 7 heteroatoms. The van der Waals surface area contributed by atoms with Crippen LogP contribution in [0.3, 0.4) is 0 Å². The quantitative estimate of drug-likeness (QED) is 0.642. The van der Waals surface area contributed by atoms with Crippen LogP contribution in [0.2, 0.25) is 0 Å². The highest BCUT2D eigenvalue weighted by Crippen LogP contribution is 2.28. The molecule has 0 aliphatic carbocycles. The molecular formula is C23H26N4O3. The van der Waals surface area contributed by atoms with E-state index in [0.29, 0.717) is 18.5 Å². The first-order valence-corrected chi connectivity index (χ1v) is 10.5. The molecule has 0 saturated carbocycles. The third-order valence-corrected chi connectivity index (χ3v) is 6.06. The van der Waals surface area contributed by atoms with E-state index in [4.69, 9.17) is 14.0 Å². The van der Waals surface area contributed by atoms with Crippen molar-refractivity contribution in [3.05, 3.63) is 58.7 Å². The van der Waals surface area contributed by atoms with Crippen LogP contribution in [0.15, 0.2) is 35.1 Å². The highest BCUT2D eigenvalue weighted by Gasteiger charge is 2.27. The minimum atomic E-state index is 0.357. The van der Waals surface area contributed by atoms with Gasteiger partial charge >= 0.3 is 0 Å². The maximum Gasteiger partial charge on any atom is 0.213 e. The summed E-state index contributed by atoms with van der Waals surface area (Å²) in [5.74, 6) is 1.39. The maximum atomic E-state index is 6.04. The van der Waals surface area contributed by atoms with E-state index in [9.17, 15) is 0 Å². The van der Waals surface area contributed by atoms with Crippen molar-refractivity contribution in [1.82, 2.24) is 20.0 Å². The molecule has 1 fully saturated rings. The molecule has 1 unspecified atom stereocenters. The monoisotopic (exact) mass is 406 g/mol. The molecule has 1 saturated heterocycles. The molecule has 30 heavy (non-hydrogen) atoms. The lowest BCUT2D eigenvalue weighted by Crippen LogP contribution is -2.39. The average Bonchev–Trinajstić information content (AvgIpc) is 3.43. The summed E-state index contributed by atoms with van der Waals surface area (Å²) in [6.07, 6.45) is 5.91. The summed E-state index contributed by atoms with van der Waals surface area (Å²) >= 11 is 0. The van der Waals surface area contributed by atoms with Crippen molar-refractivity contribution < 1.29 is 14.0 Å². The summed E-state index contributed by atoms with van der Waals surface area (Å²) in [7, 11) is 0. The Hall–Kier alpha value is -2.77. The number of hydrogen-bond acceptors (Lipinski definition) is 7. The minimum absolute atomic E-state index is 0.357. The highest BCUT2D eigenvalue weighted by molar-refractivity contribution is 5.62. The topological polar surface area (TPSA) is 73.5 Å². The van der Waals surface area contributed by atoms with E-state index in [1.165, 1.54) is 11.1 Å². The highest BCUT2D eigenvalue weighted by atomic mass is 16.5. The molecule has 2 aliphatic rings. The van der Waals surface area contributed by atoms with Gasteiger partial charge in [-0.2, -0.15) is 0 Å². The summed E-state index contributed by atoms with van der Waals surface area (Å²) < 4.78 is 17.0. The van der Waals surface area contributed by atoms with Crippen LogP contribution in [-0.2, 0) is 24.3 Å². The Kier molecular flexibility index (Phi) is 5.23. The first kappa shape index (κ1) is 19.2. The van der Waals surface area contributed by atoms with Gasteiger partial charge in [-0.15, -0.1) is 0 Å². The van der Waals surface area contributed by atoms with Crippen molar-refractivity contribution >= 4 is 0 Å². The zero-order valence-electron chi connectivity index (χ0n) is 17.4. The van der Waals surface area contributed by atoms with Crippen LogP contribution < -0.4 is 4.74 Å². The van der Waals surface area contributed by atoms with Crippen LogP contribution >= 0.6 is 0 Å². The SMILES string of the molecule is Cc1ccc(-c2noc(C)c2COc2cc3c(cn2)CN(C2CCOC2)CC3)cn1. The van der Waals surface area contributed by atoms with Gasteiger partial charge in [0.15, 0.2) is 0 Å². The normalized spacial score (nSPS) is 19.1. The fourth-order valence-electron chi connectivity index (χ4n) is 4.18. The van der Waals surface area contributed by atoms with Gasteiger partial charge in [-0.05, 0) is 49.9 Å². The number of aryl methyl sites for hydroxylation is 2. The fourth-order valence-corrected chi connectivity index (χ4v) is 4.18. The Bertz CT molecular complexity index is 1030. The summed E-state index contributed by atoms with van der Waals surface area (Å²) in [5.41, 5.74) is 6.19. The molecule has 1 atom stereocenters. The molecule has 3 aromatic rings. The second-order valence-corrected chi connectivity index (χ2v) is 8.07. The first-order valence-electron chi connectivity index (χ1n) is 10.5. The van der Waals surface area contributed by atoms with Crippen molar-refractivity contribution in [2.45, 2.75) is 45.9 Å². The molecule has 156 valence electrons. The van der Waals surface area contributed by atoms with Crippen LogP contribution in [0.1, 0.15) is 34.6 Å². The van der Waals surface area contributed by atoms with E-state index in [0.717, 1.165) is 67.4 Å². The van der Waals surface area contributed by atoms with Gasteiger partial charge in [0.2, 0.25) is 5.88 Å². The van der Waals surface area contributed by atoms with Crippen molar-refractivity contribution in [1.29, 1.82) is 0 Å². The zero-order valence-corrected chi connectivity index (χ0v) is 17.4. The number of ether oxygens (including phenoxy) is 2. The zero-order chi connectivity index (χ0) is 20.5. The first-order chi connectivity index (χ1) is 14.7. The number of fused-ring (bicyclic) bond motifs is 1. The number of rotatable bonds is 5. The second-order valence-electron chi connectivity index (χ2n) is 8.07. The van der Waals surface area contributed by atoms with Crippen LogP contribution in [-0.4, -0.2) is 45.8 Å². The number of aromatic nitrogens is 3. The van der Waals surface area contributed by atoms with Gasteiger partial charge in [-0.1, -0.05) is 5.16 Å². The smallest absolute Gasteiger partial charge is 0.213 e. The summed E-state index contributed by atoms with van der Waals surface area (Å²) in [6.45, 7) is 7.94. The van der Waals surface area contributed by atoms with Crippen LogP contribution in [0.25, 0.3) is 11.3 Å². The number of nitrogens with zero attached hydrogens (tertiary/aromatic N) is 4. The third-order valence-electron chi connectivity index (χ3n) is 6.06. The van der Waals surface area contributed by atoms with Gasteiger partial charge in [-0.3, -0.25) is 9.88 Å². The van der Waals surface area contributed by atoms with Crippen molar-refractivity contribution in [3.63, 3.8) is 0 Å². The maximum absolute atomic E-state index is 6.04. The van der Waals surface area contributed by atoms with Crippen LogP contribution in [0, 0.1) is 13.8 Å². The predicted molar refractivity (Wildman–Crippen MR) is 111 cm³/mol. The van der Waals surface area contributed by atoms with Gasteiger partial charge < -0.3 is 14.0 Å². The molecular weight excluding hydrogens is 380 g/mol. The minimum Gasteiger partial charge on any atom is -0.473 e. The van der Waals surface area contributed by atoms with E-state index in [1.807, 2.05) is 38.4 Å². The molecule has 2 aliphatic heterocycles. The van der Waals surface area contributed by atoms with Crippen molar-refractivity contribution in [2.75, 3.05) is 19.8 Å². The van der Waals surface area contributed by atoms with Gasteiger partial charge in [0.05, 0.1) is 12.2 Å². The Balaban J connectivity index is 1.29. The summed E-state index contributed by atoms with van der Waals surface area (Å²) in [6, 6.07) is 6.59. The van der Waals surface area contributed by atoms with Gasteiger partial charge in [-0.25, -0.2) is 4.98 Å².